The number of para-hydroxylation sites is 1. The molecule has 0 N–H and O–H groups in total. The van der Waals surface area contributed by atoms with Crippen molar-refractivity contribution >= 4 is 11.8 Å². The Balaban J connectivity index is 1.52. The van der Waals surface area contributed by atoms with Gasteiger partial charge in [-0.1, -0.05) is 23.3 Å². The van der Waals surface area contributed by atoms with E-state index in [-0.39, 0.29) is 0 Å². The average Bonchev–Trinajstić information content (AvgIpc) is 3.14. The van der Waals surface area contributed by atoms with E-state index >= 15 is 0 Å². The van der Waals surface area contributed by atoms with Crippen LogP contribution in [-0.4, -0.2) is 56.4 Å². The number of aryl methyl sites for hydroxylation is 2. The molecule has 4 rings (SSSR count). The predicted octanol–water partition coefficient (Wildman–Crippen LogP) is 1.40. The minimum Gasteiger partial charge on any atom is -0.352 e. The molecule has 1 aliphatic heterocycles. The van der Waals surface area contributed by atoms with Gasteiger partial charge in [-0.25, -0.2) is 4.98 Å². The summed E-state index contributed by atoms with van der Waals surface area (Å²) in [5.74, 6) is 1.75. The highest BCUT2D eigenvalue weighted by Gasteiger charge is 2.24. The van der Waals surface area contributed by atoms with Crippen molar-refractivity contribution in [3.05, 3.63) is 47.9 Å². The highest BCUT2D eigenvalue weighted by Crippen LogP contribution is 2.21. The van der Waals surface area contributed by atoms with Crippen LogP contribution >= 0.6 is 0 Å². The standard InChI is InChI=1S/C17H20N8/c1-13-12-18-14(2)16(19-13)23-8-10-24(11-9-23)17-20-21-22-25(17)15-6-4-3-5-7-15/h3-7,12H,8-11H2,1-2H3. The van der Waals surface area contributed by atoms with Gasteiger partial charge in [0.1, 0.15) is 5.82 Å². The van der Waals surface area contributed by atoms with Crippen LogP contribution in [0.3, 0.4) is 0 Å². The van der Waals surface area contributed by atoms with E-state index in [2.05, 4.69) is 35.3 Å². The summed E-state index contributed by atoms with van der Waals surface area (Å²) >= 11 is 0. The Morgan fingerprint density at radius 2 is 1.64 bits per heavy atom. The molecule has 0 unspecified atom stereocenters. The SMILES string of the molecule is Cc1cnc(C)c(N2CCN(c3nnnn3-c3ccccc3)CC2)n1. The van der Waals surface area contributed by atoms with Gasteiger partial charge in [-0.15, -0.1) is 0 Å². The number of tetrazole rings is 1. The lowest BCUT2D eigenvalue weighted by Gasteiger charge is -2.35. The molecular formula is C17H20N8. The molecule has 128 valence electrons. The number of piperazine rings is 1. The normalized spacial score (nSPS) is 14.8. The molecule has 25 heavy (non-hydrogen) atoms. The van der Waals surface area contributed by atoms with Gasteiger partial charge in [0, 0.05) is 32.4 Å². The number of rotatable bonds is 3. The summed E-state index contributed by atoms with van der Waals surface area (Å²) < 4.78 is 1.79. The monoisotopic (exact) mass is 336 g/mol. The van der Waals surface area contributed by atoms with Gasteiger partial charge in [-0.05, 0) is 36.4 Å². The van der Waals surface area contributed by atoms with Crippen LogP contribution in [0.25, 0.3) is 5.69 Å². The number of nitrogens with zero attached hydrogens (tertiary/aromatic N) is 8. The Morgan fingerprint density at radius 3 is 2.40 bits per heavy atom. The summed E-state index contributed by atoms with van der Waals surface area (Å²) in [6, 6.07) is 9.96. The first-order valence-corrected chi connectivity index (χ1v) is 8.36. The van der Waals surface area contributed by atoms with Crippen molar-refractivity contribution in [2.24, 2.45) is 0 Å². The molecule has 8 heteroatoms. The molecule has 1 fully saturated rings. The van der Waals surface area contributed by atoms with Gasteiger partial charge in [-0.2, -0.15) is 4.68 Å². The van der Waals surface area contributed by atoms with Gasteiger partial charge < -0.3 is 9.80 Å². The van der Waals surface area contributed by atoms with Crippen LogP contribution in [0.5, 0.6) is 0 Å². The zero-order valence-corrected chi connectivity index (χ0v) is 14.4. The third-order valence-corrected chi connectivity index (χ3v) is 4.37. The molecule has 3 aromatic rings. The number of benzene rings is 1. The van der Waals surface area contributed by atoms with Crippen molar-refractivity contribution in [2.45, 2.75) is 13.8 Å². The lowest BCUT2D eigenvalue weighted by Crippen LogP contribution is -2.48. The number of anilines is 2. The summed E-state index contributed by atoms with van der Waals surface area (Å²) in [5, 5.41) is 12.2. The van der Waals surface area contributed by atoms with Gasteiger partial charge in [0.2, 0.25) is 5.95 Å². The maximum atomic E-state index is 4.65. The van der Waals surface area contributed by atoms with E-state index in [9.17, 15) is 0 Å². The van der Waals surface area contributed by atoms with Gasteiger partial charge in [0.05, 0.1) is 17.1 Å². The molecule has 3 heterocycles. The smallest absolute Gasteiger partial charge is 0.250 e. The fourth-order valence-electron chi connectivity index (χ4n) is 3.06. The molecule has 0 spiro atoms. The van der Waals surface area contributed by atoms with Crippen LogP contribution < -0.4 is 9.80 Å². The Hall–Kier alpha value is -3.03. The van der Waals surface area contributed by atoms with Crippen LogP contribution in [0.2, 0.25) is 0 Å². The molecule has 0 radical (unpaired) electrons. The van der Waals surface area contributed by atoms with Crippen molar-refractivity contribution in [1.82, 2.24) is 30.2 Å². The first kappa shape index (κ1) is 15.5. The third-order valence-electron chi connectivity index (χ3n) is 4.37. The van der Waals surface area contributed by atoms with Crippen molar-refractivity contribution < 1.29 is 0 Å². The van der Waals surface area contributed by atoms with Crippen LogP contribution in [0.4, 0.5) is 11.8 Å². The third kappa shape index (κ3) is 3.02. The summed E-state index contributed by atoms with van der Waals surface area (Å²) in [6.45, 7) is 7.37. The highest BCUT2D eigenvalue weighted by molar-refractivity contribution is 5.47. The van der Waals surface area contributed by atoms with Gasteiger partial charge in [0.25, 0.3) is 0 Å². The van der Waals surface area contributed by atoms with Gasteiger partial charge in [0.15, 0.2) is 0 Å². The topological polar surface area (TPSA) is 75.9 Å². The maximum Gasteiger partial charge on any atom is 0.250 e. The molecular weight excluding hydrogens is 316 g/mol. The Bertz CT molecular complexity index is 852. The molecule has 0 atom stereocenters. The second-order valence-corrected chi connectivity index (χ2v) is 6.12. The van der Waals surface area contributed by atoms with Gasteiger partial charge >= 0.3 is 0 Å². The molecule has 0 amide bonds. The van der Waals surface area contributed by atoms with E-state index in [0.29, 0.717) is 0 Å². The molecule has 2 aromatic heterocycles. The van der Waals surface area contributed by atoms with Crippen molar-refractivity contribution in [1.29, 1.82) is 0 Å². The number of hydrogen-bond acceptors (Lipinski definition) is 7. The Morgan fingerprint density at radius 1 is 0.920 bits per heavy atom. The molecule has 0 aliphatic carbocycles. The second kappa shape index (κ2) is 6.46. The lowest BCUT2D eigenvalue weighted by atomic mass is 10.3. The summed E-state index contributed by atoms with van der Waals surface area (Å²) in [5.41, 5.74) is 2.87. The summed E-state index contributed by atoms with van der Waals surface area (Å²) in [7, 11) is 0. The fourth-order valence-corrected chi connectivity index (χ4v) is 3.06. The van der Waals surface area contributed by atoms with E-state index < -0.39 is 0 Å². The van der Waals surface area contributed by atoms with Crippen LogP contribution in [0.15, 0.2) is 36.5 Å². The molecule has 0 saturated carbocycles. The van der Waals surface area contributed by atoms with Crippen LogP contribution in [0, 0.1) is 13.8 Å². The molecule has 0 bridgehead atoms. The molecule has 1 saturated heterocycles. The van der Waals surface area contributed by atoms with Crippen molar-refractivity contribution in [3.8, 4) is 5.69 Å². The highest BCUT2D eigenvalue weighted by atomic mass is 15.6. The first-order chi connectivity index (χ1) is 12.2. The molecule has 1 aliphatic rings. The maximum absolute atomic E-state index is 4.65. The fraction of sp³-hybridized carbons (Fsp3) is 0.353. The molecule has 8 nitrogen and oxygen atoms in total. The van der Waals surface area contributed by atoms with E-state index in [1.807, 2.05) is 50.4 Å². The lowest BCUT2D eigenvalue weighted by molar-refractivity contribution is 0.623. The van der Waals surface area contributed by atoms with Crippen LogP contribution in [0.1, 0.15) is 11.4 Å². The second-order valence-electron chi connectivity index (χ2n) is 6.12. The molecule has 1 aromatic carbocycles. The Labute approximate surface area is 146 Å². The van der Waals surface area contributed by atoms with Gasteiger partial charge in [-0.3, -0.25) is 4.98 Å². The van der Waals surface area contributed by atoms with E-state index in [4.69, 9.17) is 0 Å². The zero-order chi connectivity index (χ0) is 17.2. The number of hydrogen-bond donors (Lipinski definition) is 0. The minimum atomic E-state index is 0.776. The summed E-state index contributed by atoms with van der Waals surface area (Å²) in [6.07, 6.45) is 1.81. The predicted molar refractivity (Wildman–Crippen MR) is 95.1 cm³/mol. The quantitative estimate of drug-likeness (QED) is 0.715. The van der Waals surface area contributed by atoms with E-state index in [1.54, 1.807) is 4.68 Å². The van der Waals surface area contributed by atoms with E-state index in [0.717, 1.165) is 55.0 Å². The van der Waals surface area contributed by atoms with Crippen molar-refractivity contribution in [2.75, 3.05) is 36.0 Å². The summed E-state index contributed by atoms with van der Waals surface area (Å²) in [4.78, 5) is 13.6. The van der Waals surface area contributed by atoms with Crippen molar-refractivity contribution in [3.63, 3.8) is 0 Å². The minimum absolute atomic E-state index is 0.776. The average molecular weight is 336 g/mol. The van der Waals surface area contributed by atoms with Crippen LogP contribution in [-0.2, 0) is 0 Å². The zero-order valence-electron chi connectivity index (χ0n) is 14.4. The Kier molecular flexibility index (Phi) is 4.01. The number of aromatic nitrogens is 6. The largest absolute Gasteiger partial charge is 0.352 e. The first-order valence-electron chi connectivity index (χ1n) is 8.36. The van der Waals surface area contributed by atoms with E-state index in [1.165, 1.54) is 0 Å².